The number of piperidine rings is 2. The van der Waals surface area contributed by atoms with Gasteiger partial charge in [-0.2, -0.15) is 5.26 Å². The van der Waals surface area contributed by atoms with Gasteiger partial charge in [0.25, 0.3) is 11.8 Å². The highest BCUT2D eigenvalue weighted by molar-refractivity contribution is 6.05. The Morgan fingerprint density at radius 1 is 1.17 bits per heavy atom. The number of rotatable bonds is 5. The van der Waals surface area contributed by atoms with Crippen LogP contribution in [0.5, 0.6) is 5.75 Å². The number of aromatic nitrogens is 1. The molecule has 0 bridgehead atoms. The number of nitrogens with one attached hydrogen (secondary N) is 1. The Morgan fingerprint density at radius 2 is 2.03 bits per heavy atom. The smallest absolute Gasteiger partial charge is 0.255 e. The SMILES string of the molecule is N#Cc1cc(C(=O)N2CCCC[C@H]2COc2ccc3c(c2)CN(C2CCC(=O)NC2=O)C3=O)ccn1. The zero-order valence-electron chi connectivity index (χ0n) is 19.6. The van der Waals surface area contributed by atoms with Gasteiger partial charge in [0.1, 0.15) is 30.2 Å². The molecule has 36 heavy (non-hydrogen) atoms. The molecule has 2 atom stereocenters. The summed E-state index contributed by atoms with van der Waals surface area (Å²) in [5.74, 6) is -0.561. The number of amides is 4. The lowest BCUT2D eigenvalue weighted by atomic mass is 10.0. The summed E-state index contributed by atoms with van der Waals surface area (Å²) in [6.07, 6.45) is 4.66. The second-order valence-corrected chi connectivity index (χ2v) is 9.22. The molecule has 4 amide bonds. The van der Waals surface area contributed by atoms with Crippen molar-refractivity contribution in [2.24, 2.45) is 0 Å². The van der Waals surface area contributed by atoms with Crippen LogP contribution in [0, 0.1) is 11.3 Å². The fourth-order valence-corrected chi connectivity index (χ4v) is 5.06. The van der Waals surface area contributed by atoms with Gasteiger partial charge in [-0.15, -0.1) is 0 Å². The van der Waals surface area contributed by atoms with Gasteiger partial charge in [-0.1, -0.05) is 0 Å². The van der Waals surface area contributed by atoms with Crippen LogP contribution in [0.4, 0.5) is 0 Å². The summed E-state index contributed by atoms with van der Waals surface area (Å²) in [4.78, 5) is 57.0. The molecule has 3 aliphatic heterocycles. The molecule has 2 aromatic rings. The number of pyridine rings is 1. The number of benzene rings is 1. The van der Waals surface area contributed by atoms with E-state index in [1.165, 1.54) is 17.2 Å². The maximum atomic E-state index is 13.1. The van der Waals surface area contributed by atoms with Crippen LogP contribution in [0.1, 0.15) is 64.1 Å². The zero-order chi connectivity index (χ0) is 25.2. The van der Waals surface area contributed by atoms with Crippen molar-refractivity contribution in [3.8, 4) is 11.8 Å². The van der Waals surface area contributed by atoms with Crippen molar-refractivity contribution in [3.63, 3.8) is 0 Å². The van der Waals surface area contributed by atoms with Crippen molar-refractivity contribution in [2.75, 3.05) is 13.2 Å². The predicted octanol–water partition coefficient (Wildman–Crippen LogP) is 1.79. The topological polar surface area (TPSA) is 133 Å². The Morgan fingerprint density at radius 3 is 2.83 bits per heavy atom. The van der Waals surface area contributed by atoms with Crippen molar-refractivity contribution in [3.05, 3.63) is 58.9 Å². The van der Waals surface area contributed by atoms with Gasteiger partial charge in [-0.05, 0) is 61.6 Å². The van der Waals surface area contributed by atoms with Crippen molar-refractivity contribution in [1.29, 1.82) is 5.26 Å². The largest absolute Gasteiger partial charge is 0.491 e. The van der Waals surface area contributed by atoms with Gasteiger partial charge in [-0.3, -0.25) is 24.5 Å². The zero-order valence-corrected chi connectivity index (χ0v) is 19.6. The fraction of sp³-hybridized carbons (Fsp3) is 0.385. The maximum absolute atomic E-state index is 13.1. The first-order chi connectivity index (χ1) is 17.4. The molecular weight excluding hydrogens is 462 g/mol. The molecule has 5 rings (SSSR count). The number of carbonyl (C=O) groups is 4. The second kappa shape index (κ2) is 9.77. The van der Waals surface area contributed by atoms with E-state index in [0.29, 0.717) is 36.4 Å². The molecule has 0 saturated carbocycles. The van der Waals surface area contributed by atoms with Crippen LogP contribution >= 0.6 is 0 Å². The Bertz CT molecular complexity index is 1290. The first-order valence-electron chi connectivity index (χ1n) is 12.0. The van der Waals surface area contributed by atoms with E-state index in [-0.39, 0.29) is 42.4 Å². The normalized spacial score (nSPS) is 21.6. The minimum atomic E-state index is -0.663. The predicted molar refractivity (Wildman–Crippen MR) is 126 cm³/mol. The van der Waals surface area contributed by atoms with Gasteiger partial charge < -0.3 is 14.5 Å². The number of nitriles is 1. The highest BCUT2D eigenvalue weighted by Crippen LogP contribution is 2.30. The van der Waals surface area contributed by atoms with Gasteiger partial charge in [0.05, 0.1) is 6.04 Å². The molecule has 1 aromatic carbocycles. The van der Waals surface area contributed by atoms with Crippen LogP contribution in [0.15, 0.2) is 36.5 Å². The minimum absolute atomic E-state index is 0.125. The van der Waals surface area contributed by atoms with Gasteiger partial charge in [-0.25, -0.2) is 4.98 Å². The molecule has 10 nitrogen and oxygen atoms in total. The third-order valence-electron chi connectivity index (χ3n) is 6.95. The van der Waals surface area contributed by atoms with Gasteiger partial charge in [0.15, 0.2) is 0 Å². The van der Waals surface area contributed by atoms with Crippen molar-refractivity contribution in [2.45, 2.75) is 50.7 Å². The number of fused-ring (bicyclic) bond motifs is 1. The van der Waals surface area contributed by atoms with E-state index in [2.05, 4.69) is 10.3 Å². The van der Waals surface area contributed by atoms with Gasteiger partial charge >= 0.3 is 0 Å². The van der Waals surface area contributed by atoms with E-state index in [0.717, 1.165) is 24.8 Å². The molecule has 184 valence electrons. The van der Waals surface area contributed by atoms with E-state index < -0.39 is 11.9 Å². The molecule has 2 saturated heterocycles. The number of imide groups is 1. The fourth-order valence-electron chi connectivity index (χ4n) is 5.06. The number of carbonyl (C=O) groups excluding carboxylic acids is 4. The summed E-state index contributed by atoms with van der Waals surface area (Å²) in [5, 5.41) is 11.4. The van der Waals surface area contributed by atoms with Crippen LogP contribution < -0.4 is 10.1 Å². The summed E-state index contributed by atoms with van der Waals surface area (Å²) in [5.41, 5.74) is 1.91. The molecule has 1 aromatic heterocycles. The third kappa shape index (κ3) is 4.52. The first-order valence-corrected chi connectivity index (χ1v) is 12.0. The summed E-state index contributed by atoms with van der Waals surface area (Å²) in [7, 11) is 0. The summed E-state index contributed by atoms with van der Waals surface area (Å²) < 4.78 is 6.07. The lowest BCUT2D eigenvalue weighted by Gasteiger charge is -2.35. The molecule has 1 unspecified atom stereocenters. The molecule has 0 radical (unpaired) electrons. The molecule has 3 aliphatic rings. The first kappa shape index (κ1) is 23.5. The highest BCUT2D eigenvalue weighted by atomic mass is 16.5. The third-order valence-corrected chi connectivity index (χ3v) is 6.95. The van der Waals surface area contributed by atoms with Crippen molar-refractivity contribution in [1.82, 2.24) is 20.1 Å². The number of hydrogen-bond donors (Lipinski definition) is 1. The van der Waals surface area contributed by atoms with Crippen molar-refractivity contribution >= 4 is 23.6 Å². The Kier molecular flexibility index (Phi) is 6.38. The molecule has 4 heterocycles. The van der Waals surface area contributed by atoms with E-state index in [9.17, 15) is 19.2 Å². The summed E-state index contributed by atoms with van der Waals surface area (Å²) in [6.45, 7) is 1.18. The molecule has 10 heteroatoms. The summed E-state index contributed by atoms with van der Waals surface area (Å²) >= 11 is 0. The standard InChI is InChI=1S/C26H25N5O5/c27-13-18-11-16(8-9-28-18)25(34)30-10-2-1-3-19(30)15-36-20-4-5-21-17(12-20)14-31(26(21)35)22-6-7-23(32)29-24(22)33/h4-5,8-9,11-12,19,22H,1-3,6-7,10,14-15H2,(H,29,32,33)/t19-,22?/m0/s1. The van der Waals surface area contributed by atoms with E-state index in [1.807, 2.05) is 6.07 Å². The Labute approximate surface area is 207 Å². The van der Waals surface area contributed by atoms with Crippen molar-refractivity contribution < 1.29 is 23.9 Å². The molecule has 0 spiro atoms. The number of ether oxygens (including phenoxy) is 1. The van der Waals surface area contributed by atoms with Crippen LogP contribution in [0.2, 0.25) is 0 Å². The van der Waals surface area contributed by atoms with Gasteiger partial charge in [0.2, 0.25) is 11.8 Å². The number of nitrogens with zero attached hydrogens (tertiary/aromatic N) is 4. The summed E-state index contributed by atoms with van der Waals surface area (Å²) in [6, 6.07) is 9.51. The lowest BCUT2D eigenvalue weighted by Crippen LogP contribution is -2.52. The monoisotopic (exact) mass is 487 g/mol. The Hall–Kier alpha value is -4.26. The van der Waals surface area contributed by atoms with Crippen LogP contribution in [0.25, 0.3) is 0 Å². The maximum Gasteiger partial charge on any atom is 0.255 e. The van der Waals surface area contributed by atoms with Crippen LogP contribution in [-0.4, -0.2) is 63.6 Å². The van der Waals surface area contributed by atoms with Crippen LogP contribution in [0.3, 0.4) is 0 Å². The van der Waals surface area contributed by atoms with Gasteiger partial charge in [0, 0.05) is 36.8 Å². The lowest BCUT2D eigenvalue weighted by molar-refractivity contribution is -0.136. The quantitative estimate of drug-likeness (QED) is 0.636. The van der Waals surface area contributed by atoms with E-state index in [1.54, 1.807) is 29.2 Å². The number of likely N-dealkylation sites (tertiary alicyclic amines) is 1. The van der Waals surface area contributed by atoms with E-state index >= 15 is 0 Å². The molecular formula is C26H25N5O5. The second-order valence-electron chi connectivity index (χ2n) is 9.22. The van der Waals surface area contributed by atoms with Crippen LogP contribution in [-0.2, 0) is 16.1 Å². The molecule has 1 N–H and O–H groups in total. The number of hydrogen-bond acceptors (Lipinski definition) is 7. The highest BCUT2D eigenvalue weighted by Gasteiger charge is 2.39. The Balaban J connectivity index is 1.26. The molecule has 0 aliphatic carbocycles. The molecule has 2 fully saturated rings. The van der Waals surface area contributed by atoms with E-state index in [4.69, 9.17) is 10.00 Å². The average molecular weight is 488 g/mol. The minimum Gasteiger partial charge on any atom is -0.491 e. The average Bonchev–Trinajstić information content (AvgIpc) is 3.22.